The molecular weight excluding hydrogens is 244 g/mol. The first-order chi connectivity index (χ1) is 8.84. The van der Waals surface area contributed by atoms with Crippen LogP contribution in [0.1, 0.15) is 11.7 Å². The lowest BCUT2D eigenvalue weighted by atomic mass is 10.1. The molecule has 0 amide bonds. The van der Waals surface area contributed by atoms with Crippen LogP contribution in [0.2, 0.25) is 0 Å². The maximum atomic E-state index is 4.76. The van der Waals surface area contributed by atoms with Crippen molar-refractivity contribution in [3.05, 3.63) is 35.6 Å². The van der Waals surface area contributed by atoms with Crippen molar-refractivity contribution in [3.8, 4) is 10.6 Å². The number of piperazine rings is 1. The zero-order valence-electron chi connectivity index (χ0n) is 10.3. The normalized spacial score (nSPS) is 21.1. The second-order valence-electron chi connectivity index (χ2n) is 4.51. The van der Waals surface area contributed by atoms with Crippen LogP contribution >= 0.6 is 11.3 Å². The van der Waals surface area contributed by atoms with Gasteiger partial charge in [-0.25, -0.2) is 4.98 Å². The van der Waals surface area contributed by atoms with Crippen LogP contribution in [0.5, 0.6) is 0 Å². The number of nitrogens with one attached hydrogen (secondary N) is 1. The maximum Gasteiger partial charge on any atom is 0.123 e. The van der Waals surface area contributed by atoms with Crippen LogP contribution in [0.4, 0.5) is 0 Å². The summed E-state index contributed by atoms with van der Waals surface area (Å²) in [7, 11) is 2.16. The second-order valence-corrected chi connectivity index (χ2v) is 5.37. The molecule has 3 heterocycles. The Kier molecular flexibility index (Phi) is 3.36. The Morgan fingerprint density at radius 1 is 1.39 bits per heavy atom. The summed E-state index contributed by atoms with van der Waals surface area (Å²) >= 11 is 1.70. The van der Waals surface area contributed by atoms with Gasteiger partial charge in [0, 0.05) is 43.0 Å². The van der Waals surface area contributed by atoms with Gasteiger partial charge >= 0.3 is 0 Å². The highest BCUT2D eigenvalue weighted by Crippen LogP contribution is 2.28. The predicted molar refractivity (Wildman–Crippen MR) is 73.6 cm³/mol. The van der Waals surface area contributed by atoms with Crippen LogP contribution < -0.4 is 5.32 Å². The molecule has 1 aliphatic heterocycles. The number of hydrogen-bond acceptors (Lipinski definition) is 5. The monoisotopic (exact) mass is 260 g/mol. The van der Waals surface area contributed by atoms with Gasteiger partial charge < -0.3 is 5.32 Å². The van der Waals surface area contributed by atoms with Gasteiger partial charge in [-0.05, 0) is 19.2 Å². The molecule has 0 aliphatic carbocycles. The van der Waals surface area contributed by atoms with Crippen molar-refractivity contribution in [2.24, 2.45) is 0 Å². The minimum Gasteiger partial charge on any atom is -0.313 e. The molecule has 5 heteroatoms. The van der Waals surface area contributed by atoms with E-state index in [1.165, 1.54) is 5.69 Å². The predicted octanol–water partition coefficient (Wildman–Crippen LogP) is 1.78. The third kappa shape index (κ3) is 2.29. The van der Waals surface area contributed by atoms with E-state index >= 15 is 0 Å². The van der Waals surface area contributed by atoms with E-state index in [-0.39, 0.29) is 0 Å². The highest BCUT2D eigenvalue weighted by atomic mass is 32.1. The third-order valence-electron chi connectivity index (χ3n) is 3.30. The van der Waals surface area contributed by atoms with E-state index in [0.717, 1.165) is 30.2 Å². The van der Waals surface area contributed by atoms with Crippen molar-refractivity contribution < 1.29 is 0 Å². The molecule has 3 rings (SSSR count). The van der Waals surface area contributed by atoms with Crippen LogP contribution in [0.15, 0.2) is 29.9 Å². The molecule has 0 radical (unpaired) electrons. The van der Waals surface area contributed by atoms with Crippen LogP contribution in [0, 0.1) is 0 Å². The minimum absolute atomic E-state index is 0.394. The van der Waals surface area contributed by atoms with Gasteiger partial charge in [0.2, 0.25) is 0 Å². The number of hydrogen-bond donors (Lipinski definition) is 1. The van der Waals surface area contributed by atoms with Crippen molar-refractivity contribution in [1.82, 2.24) is 20.2 Å². The zero-order valence-corrected chi connectivity index (χ0v) is 11.2. The van der Waals surface area contributed by atoms with Gasteiger partial charge in [-0.15, -0.1) is 11.3 Å². The number of aromatic nitrogens is 2. The Bertz CT molecular complexity index is 511. The van der Waals surface area contributed by atoms with Crippen molar-refractivity contribution in [2.45, 2.75) is 6.04 Å². The molecule has 94 valence electrons. The third-order valence-corrected chi connectivity index (χ3v) is 4.21. The number of nitrogens with zero attached hydrogens (tertiary/aromatic N) is 3. The molecule has 2 aromatic heterocycles. The van der Waals surface area contributed by atoms with Gasteiger partial charge in [-0.3, -0.25) is 9.88 Å². The highest BCUT2D eigenvalue weighted by molar-refractivity contribution is 7.13. The number of pyridine rings is 1. The molecule has 1 fully saturated rings. The fraction of sp³-hybridized carbons (Fsp3) is 0.385. The van der Waals surface area contributed by atoms with E-state index in [4.69, 9.17) is 4.98 Å². The molecule has 1 saturated heterocycles. The lowest BCUT2D eigenvalue weighted by Gasteiger charge is -2.31. The molecular formula is C13H16N4S. The molecule has 2 aromatic rings. The smallest absolute Gasteiger partial charge is 0.123 e. The van der Waals surface area contributed by atoms with Gasteiger partial charge in [0.1, 0.15) is 5.01 Å². The van der Waals surface area contributed by atoms with E-state index < -0.39 is 0 Å². The molecule has 18 heavy (non-hydrogen) atoms. The summed E-state index contributed by atoms with van der Waals surface area (Å²) < 4.78 is 0. The molecule has 4 nitrogen and oxygen atoms in total. The van der Waals surface area contributed by atoms with Crippen molar-refractivity contribution in [3.63, 3.8) is 0 Å². The van der Waals surface area contributed by atoms with Crippen molar-refractivity contribution >= 4 is 11.3 Å². The van der Waals surface area contributed by atoms with E-state index in [1.54, 1.807) is 11.3 Å². The molecule has 1 aliphatic rings. The van der Waals surface area contributed by atoms with Gasteiger partial charge in [0.15, 0.2) is 0 Å². The molecule has 1 unspecified atom stereocenters. The van der Waals surface area contributed by atoms with Gasteiger partial charge in [0.05, 0.1) is 11.7 Å². The first-order valence-corrected chi connectivity index (χ1v) is 6.99. The minimum atomic E-state index is 0.394. The quantitative estimate of drug-likeness (QED) is 0.893. The van der Waals surface area contributed by atoms with E-state index in [1.807, 2.05) is 24.5 Å². The topological polar surface area (TPSA) is 41.0 Å². The summed E-state index contributed by atoms with van der Waals surface area (Å²) in [4.78, 5) is 11.2. The molecule has 0 aromatic carbocycles. The summed E-state index contributed by atoms with van der Waals surface area (Å²) in [6, 6.07) is 4.40. The Morgan fingerprint density at radius 3 is 3.00 bits per heavy atom. The second kappa shape index (κ2) is 5.14. The fourth-order valence-corrected chi connectivity index (χ4v) is 3.07. The molecule has 0 saturated carbocycles. The average Bonchev–Trinajstić information content (AvgIpc) is 2.90. The molecule has 1 N–H and O–H groups in total. The summed E-state index contributed by atoms with van der Waals surface area (Å²) in [5.41, 5.74) is 2.31. The van der Waals surface area contributed by atoms with Gasteiger partial charge in [-0.2, -0.15) is 0 Å². The van der Waals surface area contributed by atoms with E-state index in [2.05, 4.69) is 27.6 Å². The Morgan fingerprint density at radius 2 is 2.22 bits per heavy atom. The largest absolute Gasteiger partial charge is 0.313 e. The summed E-state index contributed by atoms with van der Waals surface area (Å²) in [5.74, 6) is 0. The van der Waals surface area contributed by atoms with E-state index in [9.17, 15) is 0 Å². The molecule has 1 atom stereocenters. The Hall–Kier alpha value is -1.30. The highest BCUT2D eigenvalue weighted by Gasteiger charge is 2.22. The SMILES string of the molecule is CN1CCNCC1c1csc(-c2ccncc2)n1. The number of thiazole rings is 1. The van der Waals surface area contributed by atoms with Crippen LogP contribution in [0.3, 0.4) is 0 Å². The van der Waals surface area contributed by atoms with Gasteiger partial charge in [-0.1, -0.05) is 0 Å². The van der Waals surface area contributed by atoms with Crippen molar-refractivity contribution in [1.29, 1.82) is 0 Å². The maximum absolute atomic E-state index is 4.76. The Labute approximate surface area is 111 Å². The number of likely N-dealkylation sites (N-methyl/N-ethyl adjacent to an activating group) is 1. The van der Waals surface area contributed by atoms with E-state index in [0.29, 0.717) is 6.04 Å². The first-order valence-electron chi connectivity index (χ1n) is 6.11. The standard InChI is InChI=1S/C13H16N4S/c1-17-7-6-15-8-12(17)11-9-18-13(16-11)10-2-4-14-5-3-10/h2-5,9,12,15H,6-8H2,1H3. The summed E-state index contributed by atoms with van der Waals surface area (Å²) in [6.45, 7) is 3.12. The first kappa shape index (κ1) is 11.8. The fourth-order valence-electron chi connectivity index (χ4n) is 2.20. The van der Waals surface area contributed by atoms with Crippen LogP contribution in [-0.2, 0) is 0 Å². The number of rotatable bonds is 2. The van der Waals surface area contributed by atoms with Crippen molar-refractivity contribution in [2.75, 3.05) is 26.7 Å². The zero-order chi connectivity index (χ0) is 12.4. The lowest BCUT2D eigenvalue weighted by molar-refractivity contribution is 0.199. The van der Waals surface area contributed by atoms with Crippen LogP contribution in [0.25, 0.3) is 10.6 Å². The average molecular weight is 260 g/mol. The molecule has 0 spiro atoms. The Balaban J connectivity index is 1.85. The van der Waals surface area contributed by atoms with Crippen LogP contribution in [-0.4, -0.2) is 41.5 Å². The lowest BCUT2D eigenvalue weighted by Crippen LogP contribution is -2.43. The van der Waals surface area contributed by atoms with Gasteiger partial charge in [0.25, 0.3) is 0 Å². The summed E-state index contributed by atoms with van der Waals surface area (Å²) in [5, 5.41) is 6.67. The summed E-state index contributed by atoms with van der Waals surface area (Å²) in [6.07, 6.45) is 3.62. The molecule has 0 bridgehead atoms.